The van der Waals surface area contributed by atoms with E-state index in [2.05, 4.69) is 10.3 Å². The molecule has 9 heteroatoms. The minimum atomic E-state index is -3.76. The molecule has 0 unspecified atom stereocenters. The van der Waals surface area contributed by atoms with Gasteiger partial charge in [0.05, 0.1) is 24.2 Å². The van der Waals surface area contributed by atoms with E-state index in [-0.39, 0.29) is 35.1 Å². The average Bonchev–Trinajstić information content (AvgIpc) is 3.05. The molecule has 0 bridgehead atoms. The number of sulfone groups is 1. The highest BCUT2D eigenvalue weighted by atomic mass is 32.2. The SMILES string of the molecule is CCN(Cc1cnc(S(=O)(=O)Cc2ccc(F)cc2)n1C(C)C)C(=O)NC(C)(C)C. The van der Waals surface area contributed by atoms with Gasteiger partial charge in [-0.3, -0.25) is 0 Å². The van der Waals surface area contributed by atoms with Gasteiger partial charge in [0, 0.05) is 18.1 Å². The van der Waals surface area contributed by atoms with Gasteiger partial charge in [0.25, 0.3) is 0 Å². The van der Waals surface area contributed by atoms with Crippen LogP contribution in [0.15, 0.2) is 35.6 Å². The fraction of sp³-hybridized carbons (Fsp3) is 0.524. The third kappa shape index (κ3) is 6.04. The standard InChI is InChI=1S/C21H31FN4O3S/c1-7-25(19(27)24-21(4,5)6)13-18-12-23-20(26(18)15(2)3)30(28,29)14-16-8-10-17(22)11-9-16/h8-12,15H,7,13-14H2,1-6H3,(H,24,27). The van der Waals surface area contributed by atoms with Crippen LogP contribution in [0.2, 0.25) is 0 Å². The van der Waals surface area contributed by atoms with Gasteiger partial charge in [-0.25, -0.2) is 22.6 Å². The summed E-state index contributed by atoms with van der Waals surface area (Å²) < 4.78 is 40.8. The summed E-state index contributed by atoms with van der Waals surface area (Å²) in [5, 5.41) is 2.87. The van der Waals surface area contributed by atoms with E-state index in [0.717, 1.165) is 0 Å². The Morgan fingerprint density at radius 1 is 1.23 bits per heavy atom. The van der Waals surface area contributed by atoms with Crippen molar-refractivity contribution in [2.24, 2.45) is 0 Å². The van der Waals surface area contributed by atoms with E-state index >= 15 is 0 Å². The molecule has 0 fully saturated rings. The minimum Gasteiger partial charge on any atom is -0.333 e. The Kier molecular flexibility index (Phi) is 7.28. The lowest BCUT2D eigenvalue weighted by atomic mass is 10.1. The quantitative estimate of drug-likeness (QED) is 0.710. The van der Waals surface area contributed by atoms with Crippen molar-refractivity contribution in [3.63, 3.8) is 0 Å². The molecule has 0 saturated carbocycles. The van der Waals surface area contributed by atoms with E-state index in [1.54, 1.807) is 9.47 Å². The highest BCUT2D eigenvalue weighted by molar-refractivity contribution is 7.90. The molecule has 1 N–H and O–H groups in total. The fourth-order valence-corrected chi connectivity index (χ4v) is 4.67. The number of carbonyl (C=O) groups is 1. The molecule has 0 aliphatic heterocycles. The van der Waals surface area contributed by atoms with Crippen LogP contribution < -0.4 is 5.32 Å². The van der Waals surface area contributed by atoms with Crippen LogP contribution in [0.3, 0.4) is 0 Å². The first-order valence-corrected chi connectivity index (χ1v) is 11.6. The summed E-state index contributed by atoms with van der Waals surface area (Å²) in [7, 11) is -3.76. The molecule has 2 rings (SSSR count). The van der Waals surface area contributed by atoms with Crippen LogP contribution >= 0.6 is 0 Å². The number of hydrogen-bond donors (Lipinski definition) is 1. The summed E-state index contributed by atoms with van der Waals surface area (Å²) >= 11 is 0. The lowest BCUT2D eigenvalue weighted by molar-refractivity contribution is 0.187. The van der Waals surface area contributed by atoms with E-state index < -0.39 is 15.7 Å². The van der Waals surface area contributed by atoms with Crippen molar-refractivity contribution >= 4 is 15.9 Å². The van der Waals surface area contributed by atoms with Crippen LogP contribution in [0.5, 0.6) is 0 Å². The number of rotatable bonds is 7. The summed E-state index contributed by atoms with van der Waals surface area (Å²) in [6.07, 6.45) is 1.50. The number of imidazole rings is 1. The Hall–Kier alpha value is -2.42. The summed E-state index contributed by atoms with van der Waals surface area (Å²) in [4.78, 5) is 18.4. The smallest absolute Gasteiger partial charge is 0.318 e. The number of amides is 2. The zero-order chi connectivity index (χ0) is 22.7. The number of carbonyl (C=O) groups excluding carboxylic acids is 1. The van der Waals surface area contributed by atoms with Gasteiger partial charge in [-0.05, 0) is 59.2 Å². The first-order valence-electron chi connectivity index (χ1n) is 9.94. The average molecular weight is 439 g/mol. The van der Waals surface area contributed by atoms with E-state index in [1.807, 2.05) is 41.5 Å². The van der Waals surface area contributed by atoms with Crippen molar-refractivity contribution in [1.82, 2.24) is 19.8 Å². The summed E-state index contributed by atoms with van der Waals surface area (Å²) in [5.74, 6) is -0.700. The predicted molar refractivity (Wildman–Crippen MR) is 114 cm³/mol. The topological polar surface area (TPSA) is 84.3 Å². The van der Waals surface area contributed by atoms with E-state index in [4.69, 9.17) is 0 Å². The Bertz CT molecular complexity index is 977. The van der Waals surface area contributed by atoms with E-state index in [1.165, 1.54) is 30.5 Å². The second kappa shape index (κ2) is 9.16. The minimum absolute atomic E-state index is 0.0518. The van der Waals surface area contributed by atoms with Crippen LogP contribution in [-0.2, 0) is 22.1 Å². The Morgan fingerprint density at radius 3 is 2.33 bits per heavy atom. The van der Waals surface area contributed by atoms with Gasteiger partial charge in [0.1, 0.15) is 5.82 Å². The van der Waals surface area contributed by atoms with Crippen molar-refractivity contribution in [3.8, 4) is 0 Å². The normalized spacial score (nSPS) is 12.3. The Balaban J connectivity index is 2.33. The molecule has 0 saturated heterocycles. The molecule has 7 nitrogen and oxygen atoms in total. The predicted octanol–water partition coefficient (Wildman–Crippen LogP) is 3.91. The molecule has 166 valence electrons. The molecule has 1 heterocycles. The molecular formula is C21H31FN4O3S. The molecule has 2 aromatic rings. The van der Waals surface area contributed by atoms with Gasteiger partial charge < -0.3 is 14.8 Å². The van der Waals surface area contributed by atoms with Crippen LogP contribution in [0.25, 0.3) is 0 Å². The molecule has 0 radical (unpaired) electrons. The number of urea groups is 1. The largest absolute Gasteiger partial charge is 0.333 e. The number of hydrogen-bond acceptors (Lipinski definition) is 4. The first-order chi connectivity index (χ1) is 13.8. The van der Waals surface area contributed by atoms with E-state index in [9.17, 15) is 17.6 Å². The molecule has 0 spiro atoms. The van der Waals surface area contributed by atoms with Gasteiger partial charge in [0.15, 0.2) is 0 Å². The molecule has 0 aliphatic carbocycles. The van der Waals surface area contributed by atoms with Gasteiger partial charge >= 0.3 is 6.03 Å². The second-order valence-electron chi connectivity index (χ2n) is 8.58. The van der Waals surface area contributed by atoms with Crippen molar-refractivity contribution in [2.75, 3.05) is 6.54 Å². The molecule has 0 atom stereocenters. The number of nitrogens with one attached hydrogen (secondary N) is 1. The molecular weight excluding hydrogens is 407 g/mol. The third-order valence-electron chi connectivity index (χ3n) is 4.41. The van der Waals surface area contributed by atoms with Gasteiger partial charge in [-0.15, -0.1) is 0 Å². The zero-order valence-corrected chi connectivity index (χ0v) is 19.3. The van der Waals surface area contributed by atoms with Crippen LogP contribution in [0.1, 0.15) is 58.8 Å². The molecule has 1 aromatic heterocycles. The maximum absolute atomic E-state index is 13.1. The lowest BCUT2D eigenvalue weighted by Gasteiger charge is -2.28. The Labute approximate surface area is 178 Å². The third-order valence-corrected chi connectivity index (χ3v) is 5.98. The maximum Gasteiger partial charge on any atom is 0.318 e. The molecule has 1 aromatic carbocycles. The summed E-state index contributed by atoms with van der Waals surface area (Å²) in [6, 6.07) is 4.97. The summed E-state index contributed by atoms with van der Waals surface area (Å²) in [5.41, 5.74) is 0.733. The van der Waals surface area contributed by atoms with Crippen LogP contribution in [0.4, 0.5) is 9.18 Å². The zero-order valence-electron chi connectivity index (χ0n) is 18.4. The molecule has 30 heavy (non-hydrogen) atoms. The number of benzene rings is 1. The van der Waals surface area contributed by atoms with E-state index in [0.29, 0.717) is 17.8 Å². The number of nitrogens with zero attached hydrogens (tertiary/aromatic N) is 3. The van der Waals surface area contributed by atoms with Crippen molar-refractivity contribution in [3.05, 3.63) is 47.5 Å². The van der Waals surface area contributed by atoms with Crippen molar-refractivity contribution in [2.45, 2.75) is 70.6 Å². The van der Waals surface area contributed by atoms with Gasteiger partial charge in [-0.1, -0.05) is 12.1 Å². The molecule has 2 amide bonds. The first kappa shape index (κ1) is 23.9. The van der Waals surface area contributed by atoms with Crippen molar-refractivity contribution in [1.29, 1.82) is 0 Å². The van der Waals surface area contributed by atoms with Gasteiger partial charge in [0.2, 0.25) is 15.0 Å². The summed E-state index contributed by atoms with van der Waals surface area (Å²) in [6.45, 7) is 12.0. The van der Waals surface area contributed by atoms with Crippen LogP contribution in [-0.4, -0.2) is 41.0 Å². The fourth-order valence-electron chi connectivity index (χ4n) is 3.06. The lowest BCUT2D eigenvalue weighted by Crippen LogP contribution is -2.48. The molecule has 0 aliphatic rings. The monoisotopic (exact) mass is 438 g/mol. The highest BCUT2D eigenvalue weighted by Crippen LogP contribution is 2.23. The van der Waals surface area contributed by atoms with Crippen LogP contribution in [0, 0.1) is 5.82 Å². The maximum atomic E-state index is 13.1. The number of aromatic nitrogens is 2. The van der Waals surface area contributed by atoms with Gasteiger partial charge in [-0.2, -0.15) is 0 Å². The second-order valence-corrected chi connectivity index (χ2v) is 10.5. The number of halogens is 1. The van der Waals surface area contributed by atoms with Crippen molar-refractivity contribution < 1.29 is 17.6 Å². The highest BCUT2D eigenvalue weighted by Gasteiger charge is 2.27. The Morgan fingerprint density at radius 2 is 1.83 bits per heavy atom.